The number of furan rings is 3. The third-order valence-electron chi connectivity index (χ3n) is 19.9. The van der Waals surface area contributed by atoms with Gasteiger partial charge in [-0.1, -0.05) is 149 Å². The van der Waals surface area contributed by atoms with Gasteiger partial charge >= 0.3 is 6.85 Å². The molecule has 2 aliphatic heterocycles. The van der Waals surface area contributed by atoms with Crippen LogP contribution in [0.1, 0.15) is 154 Å². The van der Waals surface area contributed by atoms with Crippen molar-refractivity contribution in [3.63, 3.8) is 0 Å². The molecule has 4 aliphatic rings. The van der Waals surface area contributed by atoms with Gasteiger partial charge in [0.25, 0.3) is 0 Å². The number of hydrogen-bond acceptors (Lipinski definition) is 5. The first-order valence-corrected chi connectivity index (χ1v) is 30.1. The Morgan fingerprint density at radius 1 is 0.450 bits per heavy atom. The van der Waals surface area contributed by atoms with Crippen LogP contribution in [0, 0.1) is 0 Å². The van der Waals surface area contributed by atoms with Crippen molar-refractivity contribution in [1.29, 1.82) is 0 Å². The number of benzene rings is 8. The van der Waals surface area contributed by atoms with Crippen LogP contribution >= 0.6 is 0 Å². The van der Waals surface area contributed by atoms with Crippen molar-refractivity contribution in [1.82, 2.24) is 0 Å². The van der Waals surface area contributed by atoms with Crippen LogP contribution in [0.4, 0.5) is 28.4 Å². The maximum atomic E-state index is 7.85. The Kier molecular flexibility index (Phi) is 10.9. The molecule has 0 fully saturated rings. The molecule has 0 saturated heterocycles. The first-order valence-electron chi connectivity index (χ1n) is 30.1. The maximum Gasteiger partial charge on any atom is 0.376 e. The van der Waals surface area contributed by atoms with Gasteiger partial charge in [-0.05, 0) is 184 Å². The standard InChI is InChI=1S/C74H73BN2O3/c1-11-13-20-44-26-29-47(30-27-44)77-60-43-65-50(51-38-55-57(41-63(51)78-65)73(7,8)34-32-71(55,3)4)37-53(60)66-67-61(40-52-48-24-18-19-25-62(48)79-69(52)66)76(59-31-28-45(21-14-12-2)36-49(59)46-22-16-15-17-23-46)68-54-39-56-58(42-64(54)80-70(68)75(67)77)74(9,10)35-33-72(56,5)6/h15-19,22-31,36-43H,11-14,20-21,32-35H2,1-10H3. The summed E-state index contributed by atoms with van der Waals surface area (Å²) in [4.78, 5) is 5.22. The van der Waals surface area contributed by atoms with Crippen molar-refractivity contribution in [2.24, 2.45) is 0 Å². The molecule has 0 N–H and O–H groups in total. The molecule has 400 valence electrons. The lowest BCUT2D eigenvalue weighted by molar-refractivity contribution is 0.332. The Hall–Kier alpha value is -7.44. The molecular weight excluding hydrogens is 976 g/mol. The van der Waals surface area contributed by atoms with Gasteiger partial charge in [0.1, 0.15) is 33.6 Å². The number of aryl methyl sites for hydroxylation is 2. The zero-order valence-electron chi connectivity index (χ0n) is 48.5. The molecule has 0 bridgehead atoms. The second-order valence-corrected chi connectivity index (χ2v) is 27.0. The minimum Gasteiger partial charge on any atom is -0.466 e. The summed E-state index contributed by atoms with van der Waals surface area (Å²) in [5.74, 6) is 0. The van der Waals surface area contributed by atoms with Gasteiger partial charge in [0.05, 0.1) is 11.4 Å². The molecule has 0 radical (unpaired) electrons. The Labute approximate surface area is 472 Å². The predicted octanol–water partition coefficient (Wildman–Crippen LogP) is 20.0. The molecule has 5 heterocycles. The number of nitrogens with zero attached hydrogens (tertiary/aromatic N) is 2. The highest BCUT2D eigenvalue weighted by Crippen LogP contribution is 2.57. The van der Waals surface area contributed by atoms with Crippen LogP contribution in [-0.2, 0) is 34.5 Å². The van der Waals surface area contributed by atoms with Crippen LogP contribution < -0.4 is 20.8 Å². The number of fused-ring (bicyclic) bond motifs is 15. The molecular formula is C74H73BN2O3. The molecule has 5 nitrogen and oxygen atoms in total. The van der Waals surface area contributed by atoms with E-state index in [1.165, 1.54) is 55.4 Å². The SMILES string of the molecule is CCCCc1ccc(N2B3c4oc5cc6c(cc5c4N(c4ccc(CCCC)cc4-c4ccccc4)c4cc5c(oc7ccccc75)c(c43)-c3cc4c(cc32)oc2cc3c(cc24)C(C)(C)CCC3(C)C)C(C)(C)CCC6(C)C)cc1. The second kappa shape index (κ2) is 17.5. The van der Waals surface area contributed by atoms with Gasteiger partial charge in [0.15, 0.2) is 0 Å². The summed E-state index contributed by atoms with van der Waals surface area (Å²) < 4.78 is 22.4. The fraction of sp³-hybridized carbons (Fsp3) is 0.324. The molecule has 15 rings (SSSR count). The van der Waals surface area contributed by atoms with E-state index >= 15 is 0 Å². The second-order valence-electron chi connectivity index (χ2n) is 27.0. The van der Waals surface area contributed by atoms with Gasteiger partial charge < -0.3 is 23.0 Å². The lowest BCUT2D eigenvalue weighted by Crippen LogP contribution is -2.61. The number of anilines is 5. The van der Waals surface area contributed by atoms with E-state index in [2.05, 4.69) is 218 Å². The van der Waals surface area contributed by atoms with Crippen LogP contribution in [0.2, 0.25) is 0 Å². The van der Waals surface area contributed by atoms with Crippen LogP contribution in [0.3, 0.4) is 0 Å². The molecule has 3 aromatic heterocycles. The molecule has 8 aromatic carbocycles. The number of unbranched alkanes of at least 4 members (excludes halogenated alkanes) is 2. The molecule has 11 aromatic rings. The van der Waals surface area contributed by atoms with Crippen LogP contribution in [0.15, 0.2) is 153 Å². The predicted molar refractivity (Wildman–Crippen MR) is 338 cm³/mol. The summed E-state index contributed by atoms with van der Waals surface area (Å²) in [5, 5.41) is 5.64. The zero-order valence-corrected chi connectivity index (χ0v) is 48.5. The third-order valence-corrected chi connectivity index (χ3v) is 19.9. The zero-order chi connectivity index (χ0) is 54.8. The van der Waals surface area contributed by atoms with E-state index in [9.17, 15) is 0 Å². The highest BCUT2D eigenvalue weighted by Gasteiger charge is 2.51. The average Bonchev–Trinajstić information content (AvgIpc) is 2.09. The van der Waals surface area contributed by atoms with Crippen molar-refractivity contribution in [3.05, 3.63) is 173 Å². The Balaban J connectivity index is 1.11. The number of rotatable bonds is 9. The van der Waals surface area contributed by atoms with Crippen LogP contribution in [-0.4, -0.2) is 6.85 Å². The van der Waals surface area contributed by atoms with E-state index in [4.69, 9.17) is 13.3 Å². The molecule has 80 heavy (non-hydrogen) atoms. The molecule has 2 aliphatic carbocycles. The van der Waals surface area contributed by atoms with Crippen molar-refractivity contribution in [2.75, 3.05) is 9.71 Å². The van der Waals surface area contributed by atoms with E-state index in [0.29, 0.717) is 0 Å². The average molecular weight is 1050 g/mol. The molecule has 0 spiro atoms. The van der Waals surface area contributed by atoms with E-state index in [-0.39, 0.29) is 28.5 Å². The maximum absolute atomic E-state index is 7.85. The lowest BCUT2D eigenvalue weighted by atomic mass is 9.45. The summed E-state index contributed by atoms with van der Waals surface area (Å²) in [6.07, 6.45) is 11.2. The third kappa shape index (κ3) is 7.28. The number of hydrogen-bond donors (Lipinski definition) is 0. The van der Waals surface area contributed by atoms with Gasteiger partial charge in [-0.2, -0.15) is 0 Å². The highest BCUT2D eigenvalue weighted by atomic mass is 16.3. The quantitative estimate of drug-likeness (QED) is 0.135. The van der Waals surface area contributed by atoms with Crippen LogP contribution in [0.5, 0.6) is 0 Å². The van der Waals surface area contributed by atoms with E-state index in [1.54, 1.807) is 0 Å². The first kappa shape index (κ1) is 49.6. The summed E-state index contributed by atoms with van der Waals surface area (Å²) >= 11 is 0. The summed E-state index contributed by atoms with van der Waals surface area (Å²) in [7, 11) is 0. The Morgan fingerprint density at radius 2 is 1.02 bits per heavy atom. The molecule has 0 atom stereocenters. The largest absolute Gasteiger partial charge is 0.466 e. The first-order chi connectivity index (χ1) is 38.5. The molecule has 6 heteroatoms. The van der Waals surface area contributed by atoms with E-state index < -0.39 is 0 Å². The minimum atomic E-state index is -0.386. The van der Waals surface area contributed by atoms with Crippen molar-refractivity contribution in [3.8, 4) is 22.3 Å². The topological polar surface area (TPSA) is 45.9 Å². The monoisotopic (exact) mass is 1050 g/mol. The van der Waals surface area contributed by atoms with Crippen molar-refractivity contribution < 1.29 is 13.3 Å². The fourth-order valence-electron chi connectivity index (χ4n) is 15.0. The minimum absolute atomic E-state index is 0.0133. The normalized spacial score (nSPS) is 17.3. The number of para-hydroxylation sites is 1. The summed E-state index contributed by atoms with van der Waals surface area (Å²) in [5.41, 5.74) is 25.2. The van der Waals surface area contributed by atoms with Gasteiger partial charge in [0, 0.05) is 66.8 Å². The van der Waals surface area contributed by atoms with E-state index in [1.807, 2.05) is 0 Å². The van der Waals surface area contributed by atoms with E-state index in [0.717, 1.165) is 159 Å². The van der Waals surface area contributed by atoms with Gasteiger partial charge in [0.2, 0.25) is 0 Å². The molecule has 0 amide bonds. The molecule has 0 saturated carbocycles. The van der Waals surface area contributed by atoms with Crippen molar-refractivity contribution in [2.45, 2.75) is 155 Å². The Bertz CT molecular complexity index is 4350. The van der Waals surface area contributed by atoms with Crippen molar-refractivity contribution >= 4 is 101 Å². The highest BCUT2D eigenvalue weighted by molar-refractivity contribution is 6.93. The summed E-state index contributed by atoms with van der Waals surface area (Å²) in [6.45, 7) is 23.6. The summed E-state index contributed by atoms with van der Waals surface area (Å²) in [6, 6.07) is 53.6. The van der Waals surface area contributed by atoms with Crippen LogP contribution in [0.25, 0.3) is 77.1 Å². The molecule has 0 unspecified atom stereocenters. The lowest BCUT2D eigenvalue weighted by Gasteiger charge is -2.44. The Morgan fingerprint density at radius 3 is 1.70 bits per heavy atom. The fourth-order valence-corrected chi connectivity index (χ4v) is 15.0. The smallest absolute Gasteiger partial charge is 0.376 e. The van der Waals surface area contributed by atoms with Gasteiger partial charge in [-0.3, -0.25) is 0 Å². The van der Waals surface area contributed by atoms with Gasteiger partial charge in [-0.25, -0.2) is 0 Å². The van der Waals surface area contributed by atoms with Gasteiger partial charge in [-0.15, -0.1) is 0 Å².